The van der Waals surface area contributed by atoms with Crippen LogP contribution in [0, 0.1) is 13.8 Å². The molecule has 0 bridgehead atoms. The lowest BCUT2D eigenvalue weighted by molar-refractivity contribution is -0.113. The highest BCUT2D eigenvalue weighted by Gasteiger charge is 2.34. The van der Waals surface area contributed by atoms with E-state index in [0.717, 1.165) is 47.3 Å². The number of nitrogens with zero attached hydrogens (tertiary/aromatic N) is 3. The van der Waals surface area contributed by atoms with Gasteiger partial charge in [0.1, 0.15) is 12.4 Å². The van der Waals surface area contributed by atoms with E-state index in [0.29, 0.717) is 29.6 Å². The van der Waals surface area contributed by atoms with Gasteiger partial charge >= 0.3 is 0 Å². The monoisotopic (exact) mass is 475 g/mol. The standard InChI is InChI=1S/C27H33N5O3/c1-6-7-8-13-35-22-12-10-20(15-23(22)34-5)25-24(19(4)30-27-28-16-29-32(25)27)26(33)31-21-11-9-17(2)14-18(21)3/h9-12,14-16,25H,6-8,13H2,1-5H3,(H,31,33)(H,28,29,30). The zero-order valence-corrected chi connectivity index (χ0v) is 21.0. The number of aromatic nitrogens is 3. The first-order valence-electron chi connectivity index (χ1n) is 12.0. The Morgan fingerprint density at radius 3 is 2.69 bits per heavy atom. The maximum Gasteiger partial charge on any atom is 0.255 e. The van der Waals surface area contributed by atoms with Gasteiger partial charge in [-0.05, 0) is 56.5 Å². The Balaban J connectivity index is 1.69. The topological polar surface area (TPSA) is 90.3 Å². The molecule has 184 valence electrons. The lowest BCUT2D eigenvalue weighted by Gasteiger charge is -2.29. The van der Waals surface area contributed by atoms with Crippen molar-refractivity contribution in [2.45, 2.75) is 53.0 Å². The van der Waals surface area contributed by atoms with Crippen LogP contribution in [-0.2, 0) is 4.79 Å². The van der Waals surface area contributed by atoms with Gasteiger partial charge in [-0.2, -0.15) is 10.1 Å². The van der Waals surface area contributed by atoms with Gasteiger partial charge in [0.15, 0.2) is 11.5 Å². The van der Waals surface area contributed by atoms with Crippen molar-refractivity contribution in [1.29, 1.82) is 0 Å². The van der Waals surface area contributed by atoms with Crippen LogP contribution >= 0.6 is 0 Å². The number of benzene rings is 2. The van der Waals surface area contributed by atoms with E-state index >= 15 is 0 Å². The number of nitrogens with one attached hydrogen (secondary N) is 2. The van der Waals surface area contributed by atoms with Crippen LogP contribution in [0.2, 0.25) is 0 Å². The van der Waals surface area contributed by atoms with Gasteiger partial charge in [0.05, 0.1) is 19.3 Å². The minimum Gasteiger partial charge on any atom is -0.493 e. The average molecular weight is 476 g/mol. The number of methoxy groups -OCH3 is 1. The molecule has 8 nitrogen and oxygen atoms in total. The van der Waals surface area contributed by atoms with Gasteiger partial charge < -0.3 is 20.1 Å². The fourth-order valence-corrected chi connectivity index (χ4v) is 4.34. The summed E-state index contributed by atoms with van der Waals surface area (Å²) in [6.45, 7) is 8.69. The van der Waals surface area contributed by atoms with Crippen LogP contribution in [0.3, 0.4) is 0 Å². The number of carbonyl (C=O) groups excluding carboxylic acids is 1. The number of unbranched alkanes of at least 4 members (excludes halogenated alkanes) is 2. The highest BCUT2D eigenvalue weighted by molar-refractivity contribution is 6.06. The number of aryl methyl sites for hydroxylation is 2. The predicted octanol–water partition coefficient (Wildman–Crippen LogP) is 5.40. The number of ether oxygens (including phenoxy) is 2. The molecule has 0 aliphatic carbocycles. The van der Waals surface area contributed by atoms with Crippen LogP contribution < -0.4 is 20.1 Å². The summed E-state index contributed by atoms with van der Waals surface area (Å²) in [7, 11) is 1.62. The molecule has 2 heterocycles. The quantitative estimate of drug-likeness (QED) is 0.403. The van der Waals surface area contributed by atoms with E-state index in [1.165, 1.54) is 6.33 Å². The van der Waals surface area contributed by atoms with Gasteiger partial charge in [-0.25, -0.2) is 4.68 Å². The molecule has 1 aliphatic heterocycles. The molecule has 35 heavy (non-hydrogen) atoms. The Morgan fingerprint density at radius 1 is 1.11 bits per heavy atom. The lowest BCUT2D eigenvalue weighted by Crippen LogP contribution is -2.31. The van der Waals surface area contributed by atoms with E-state index in [4.69, 9.17) is 9.47 Å². The Hall–Kier alpha value is -3.81. The molecule has 1 amide bonds. The normalized spacial score (nSPS) is 14.8. The molecule has 1 aromatic heterocycles. The molecule has 0 spiro atoms. The molecule has 2 aromatic carbocycles. The second-order valence-corrected chi connectivity index (χ2v) is 8.83. The van der Waals surface area contributed by atoms with Gasteiger partial charge in [-0.15, -0.1) is 0 Å². The minimum atomic E-state index is -0.484. The first-order chi connectivity index (χ1) is 16.9. The zero-order chi connectivity index (χ0) is 24.9. The van der Waals surface area contributed by atoms with Crippen molar-refractivity contribution >= 4 is 17.5 Å². The SMILES string of the molecule is CCCCCOc1ccc(C2C(C(=O)Nc3ccc(C)cc3C)=C(C)Nc3ncnn32)cc1OC. The second kappa shape index (κ2) is 10.6. The highest BCUT2D eigenvalue weighted by Crippen LogP contribution is 2.39. The molecular weight excluding hydrogens is 442 g/mol. The molecule has 2 N–H and O–H groups in total. The van der Waals surface area contributed by atoms with Crippen molar-refractivity contribution in [3.8, 4) is 11.5 Å². The van der Waals surface area contributed by atoms with Crippen molar-refractivity contribution in [1.82, 2.24) is 14.8 Å². The van der Waals surface area contributed by atoms with Gasteiger partial charge in [-0.3, -0.25) is 4.79 Å². The molecule has 4 rings (SSSR count). The van der Waals surface area contributed by atoms with Crippen LogP contribution in [0.5, 0.6) is 11.5 Å². The fraction of sp³-hybridized carbons (Fsp3) is 0.370. The molecule has 0 saturated carbocycles. The molecule has 1 unspecified atom stereocenters. The van der Waals surface area contributed by atoms with Gasteiger partial charge in [-0.1, -0.05) is 43.5 Å². The Morgan fingerprint density at radius 2 is 1.94 bits per heavy atom. The molecule has 1 aliphatic rings. The molecule has 3 aromatic rings. The fourth-order valence-electron chi connectivity index (χ4n) is 4.34. The van der Waals surface area contributed by atoms with Crippen LogP contribution in [0.1, 0.15) is 55.8 Å². The number of carbonyl (C=O) groups is 1. The average Bonchev–Trinajstić information content (AvgIpc) is 3.30. The van der Waals surface area contributed by atoms with Gasteiger partial charge in [0.2, 0.25) is 5.95 Å². The van der Waals surface area contributed by atoms with Gasteiger partial charge in [0, 0.05) is 11.4 Å². The minimum absolute atomic E-state index is 0.202. The first-order valence-corrected chi connectivity index (χ1v) is 12.0. The third kappa shape index (κ3) is 5.16. The summed E-state index contributed by atoms with van der Waals surface area (Å²) in [6, 6.07) is 11.2. The summed E-state index contributed by atoms with van der Waals surface area (Å²) in [5.41, 5.74) is 5.05. The van der Waals surface area contributed by atoms with E-state index in [2.05, 4.69) is 27.6 Å². The zero-order valence-electron chi connectivity index (χ0n) is 21.0. The Bertz CT molecular complexity index is 1250. The second-order valence-electron chi connectivity index (χ2n) is 8.83. The van der Waals surface area contributed by atoms with Crippen molar-refractivity contribution in [3.05, 3.63) is 70.7 Å². The molecule has 8 heteroatoms. The van der Waals surface area contributed by atoms with Crippen LogP contribution in [0.25, 0.3) is 0 Å². The summed E-state index contributed by atoms with van der Waals surface area (Å²) in [4.78, 5) is 17.9. The molecule has 0 saturated heterocycles. The van der Waals surface area contributed by atoms with E-state index < -0.39 is 6.04 Å². The predicted molar refractivity (Wildman–Crippen MR) is 137 cm³/mol. The summed E-state index contributed by atoms with van der Waals surface area (Å²) in [6.07, 6.45) is 4.72. The largest absolute Gasteiger partial charge is 0.493 e. The summed E-state index contributed by atoms with van der Waals surface area (Å²) in [5, 5.41) is 10.7. The van der Waals surface area contributed by atoms with E-state index in [1.807, 2.05) is 57.2 Å². The number of rotatable bonds is 9. The third-order valence-electron chi connectivity index (χ3n) is 6.18. The van der Waals surface area contributed by atoms with Crippen LogP contribution in [0.15, 0.2) is 54.0 Å². The Kier molecular flexibility index (Phi) is 7.39. The van der Waals surface area contributed by atoms with E-state index in [9.17, 15) is 4.79 Å². The number of hydrogen-bond acceptors (Lipinski definition) is 6. The summed E-state index contributed by atoms with van der Waals surface area (Å²) in [5.74, 6) is 1.68. The smallest absolute Gasteiger partial charge is 0.255 e. The highest BCUT2D eigenvalue weighted by atomic mass is 16.5. The van der Waals surface area contributed by atoms with Gasteiger partial charge in [0.25, 0.3) is 5.91 Å². The number of hydrogen-bond donors (Lipinski definition) is 2. The molecule has 0 radical (unpaired) electrons. The number of amides is 1. The number of fused-ring (bicyclic) bond motifs is 1. The lowest BCUT2D eigenvalue weighted by atomic mass is 9.94. The number of allylic oxidation sites excluding steroid dienone is 1. The summed E-state index contributed by atoms with van der Waals surface area (Å²) < 4.78 is 13.3. The summed E-state index contributed by atoms with van der Waals surface area (Å²) >= 11 is 0. The third-order valence-corrected chi connectivity index (χ3v) is 6.18. The van der Waals surface area contributed by atoms with Crippen molar-refractivity contribution in [2.75, 3.05) is 24.4 Å². The molecular formula is C27H33N5O3. The number of anilines is 2. The maximum absolute atomic E-state index is 13.6. The van der Waals surface area contributed by atoms with Crippen LogP contribution in [0.4, 0.5) is 11.6 Å². The van der Waals surface area contributed by atoms with E-state index in [1.54, 1.807) is 11.8 Å². The molecule has 1 atom stereocenters. The molecule has 0 fully saturated rings. The van der Waals surface area contributed by atoms with Crippen molar-refractivity contribution < 1.29 is 14.3 Å². The Labute approximate surface area is 206 Å². The van der Waals surface area contributed by atoms with Crippen molar-refractivity contribution in [2.24, 2.45) is 0 Å². The van der Waals surface area contributed by atoms with Crippen molar-refractivity contribution in [3.63, 3.8) is 0 Å². The maximum atomic E-state index is 13.6. The van der Waals surface area contributed by atoms with E-state index in [-0.39, 0.29) is 5.91 Å². The first kappa shape index (κ1) is 24.3. The van der Waals surface area contributed by atoms with Crippen LogP contribution in [-0.4, -0.2) is 34.4 Å².